The summed E-state index contributed by atoms with van der Waals surface area (Å²) in [5, 5.41) is 0. The van der Waals surface area contributed by atoms with Gasteiger partial charge in [-0.05, 0) is 19.8 Å². The molecule has 1 fully saturated rings. The summed E-state index contributed by atoms with van der Waals surface area (Å²) in [6.07, 6.45) is 4.08. The monoisotopic (exact) mass is 272 g/mol. The maximum Gasteiger partial charge on any atom is 0.246 e. The molecule has 0 amide bonds. The van der Waals surface area contributed by atoms with E-state index in [0.29, 0.717) is 19.6 Å². The molecule has 0 spiro atoms. The van der Waals surface area contributed by atoms with Crippen molar-refractivity contribution in [2.24, 2.45) is 0 Å². The van der Waals surface area contributed by atoms with Crippen molar-refractivity contribution in [2.45, 2.75) is 30.2 Å². The zero-order valence-electron chi connectivity index (χ0n) is 10.1. The minimum absolute atomic E-state index is 0.267. The number of rotatable bonds is 3. The number of aromatic nitrogens is 1. The predicted molar refractivity (Wildman–Crippen MR) is 65.8 cm³/mol. The molecule has 1 unspecified atom stereocenters. The average molecular weight is 272 g/mol. The molecule has 7 heteroatoms. The van der Waals surface area contributed by atoms with Crippen molar-refractivity contribution in [1.82, 2.24) is 9.71 Å². The predicted octanol–water partition coefficient (Wildman–Crippen LogP) is 0.222. The SMILES string of the molecule is CC1(NS(=O)(=O)c2c[nH]ccc2=O)CCCOC1. The quantitative estimate of drug-likeness (QED) is 0.824. The van der Waals surface area contributed by atoms with E-state index in [2.05, 4.69) is 9.71 Å². The van der Waals surface area contributed by atoms with Crippen LogP contribution in [0.3, 0.4) is 0 Å². The lowest BCUT2D eigenvalue weighted by Crippen LogP contribution is -2.52. The Morgan fingerprint density at radius 2 is 2.28 bits per heavy atom. The summed E-state index contributed by atoms with van der Waals surface area (Å²) in [7, 11) is -3.82. The van der Waals surface area contributed by atoms with E-state index >= 15 is 0 Å². The van der Waals surface area contributed by atoms with Crippen LogP contribution >= 0.6 is 0 Å². The third-order valence-corrected chi connectivity index (χ3v) is 4.56. The molecule has 0 aliphatic carbocycles. The Morgan fingerprint density at radius 3 is 2.89 bits per heavy atom. The summed E-state index contributed by atoms with van der Waals surface area (Å²) in [5.41, 5.74) is -1.18. The molecule has 18 heavy (non-hydrogen) atoms. The molecular formula is C11H16N2O4S. The molecule has 0 saturated carbocycles. The minimum atomic E-state index is -3.82. The fraction of sp³-hybridized carbons (Fsp3) is 0.545. The third kappa shape index (κ3) is 2.80. The second kappa shape index (κ2) is 4.83. The van der Waals surface area contributed by atoms with Crippen LogP contribution in [0.5, 0.6) is 0 Å². The van der Waals surface area contributed by atoms with Gasteiger partial charge in [0.25, 0.3) is 0 Å². The summed E-state index contributed by atoms with van der Waals surface area (Å²) in [5.74, 6) is 0. The van der Waals surface area contributed by atoms with Gasteiger partial charge in [-0.15, -0.1) is 0 Å². The highest BCUT2D eigenvalue weighted by molar-refractivity contribution is 7.89. The normalized spacial score (nSPS) is 24.9. The van der Waals surface area contributed by atoms with Gasteiger partial charge in [0.1, 0.15) is 4.90 Å². The Morgan fingerprint density at radius 1 is 1.50 bits per heavy atom. The molecule has 1 aromatic rings. The van der Waals surface area contributed by atoms with Gasteiger partial charge < -0.3 is 9.72 Å². The van der Waals surface area contributed by atoms with Gasteiger partial charge in [-0.3, -0.25) is 4.79 Å². The molecule has 1 aromatic heterocycles. The number of hydrogen-bond acceptors (Lipinski definition) is 4. The molecule has 1 atom stereocenters. The largest absolute Gasteiger partial charge is 0.380 e. The number of pyridine rings is 1. The lowest BCUT2D eigenvalue weighted by molar-refractivity contribution is 0.0386. The van der Waals surface area contributed by atoms with E-state index in [1.54, 1.807) is 6.92 Å². The molecule has 2 N–H and O–H groups in total. The molecular weight excluding hydrogens is 256 g/mol. The van der Waals surface area contributed by atoms with Crippen LogP contribution in [-0.4, -0.2) is 32.2 Å². The number of aromatic amines is 1. The molecule has 100 valence electrons. The molecule has 6 nitrogen and oxygen atoms in total. The first-order chi connectivity index (χ1) is 8.43. The van der Waals surface area contributed by atoms with Crippen LogP contribution in [0.2, 0.25) is 0 Å². The standard InChI is InChI=1S/C11H16N2O4S/c1-11(4-2-6-17-8-11)13-18(15,16)10-7-12-5-3-9(10)14/h3,5,7,13H,2,4,6,8H2,1H3,(H,12,14). The van der Waals surface area contributed by atoms with Crippen LogP contribution in [0.15, 0.2) is 28.2 Å². The number of nitrogens with one attached hydrogen (secondary N) is 2. The maximum atomic E-state index is 12.1. The maximum absolute atomic E-state index is 12.1. The summed E-state index contributed by atoms with van der Waals surface area (Å²) >= 11 is 0. The Kier molecular flexibility index (Phi) is 3.56. The number of sulfonamides is 1. The first-order valence-corrected chi connectivity index (χ1v) is 7.20. The van der Waals surface area contributed by atoms with E-state index in [1.807, 2.05) is 0 Å². The summed E-state index contributed by atoms with van der Waals surface area (Å²) < 4.78 is 32.1. The number of ether oxygens (including phenoxy) is 1. The highest BCUT2D eigenvalue weighted by Gasteiger charge is 2.33. The highest BCUT2D eigenvalue weighted by Crippen LogP contribution is 2.20. The van der Waals surface area contributed by atoms with Gasteiger partial charge in [-0.2, -0.15) is 0 Å². The van der Waals surface area contributed by atoms with Gasteiger partial charge in [0.05, 0.1) is 12.1 Å². The molecule has 0 aromatic carbocycles. The Balaban J connectivity index is 2.27. The third-order valence-electron chi connectivity index (χ3n) is 2.90. The first-order valence-electron chi connectivity index (χ1n) is 5.72. The number of hydrogen-bond donors (Lipinski definition) is 2. The van der Waals surface area contributed by atoms with Gasteiger partial charge >= 0.3 is 0 Å². The van der Waals surface area contributed by atoms with Gasteiger partial charge in [0.15, 0.2) is 0 Å². The van der Waals surface area contributed by atoms with Crippen LogP contribution in [0, 0.1) is 0 Å². The van der Waals surface area contributed by atoms with Gasteiger partial charge in [-0.1, -0.05) is 0 Å². The minimum Gasteiger partial charge on any atom is -0.380 e. The van der Waals surface area contributed by atoms with E-state index in [1.165, 1.54) is 18.5 Å². The van der Waals surface area contributed by atoms with Crippen molar-refractivity contribution in [2.75, 3.05) is 13.2 Å². The van der Waals surface area contributed by atoms with Crippen molar-refractivity contribution in [1.29, 1.82) is 0 Å². The molecule has 2 rings (SSSR count). The van der Waals surface area contributed by atoms with E-state index in [4.69, 9.17) is 4.74 Å². The molecule has 0 bridgehead atoms. The average Bonchev–Trinajstić information content (AvgIpc) is 2.28. The van der Waals surface area contributed by atoms with Crippen LogP contribution in [0.4, 0.5) is 0 Å². The Bertz CT molecular complexity index is 573. The fourth-order valence-electron chi connectivity index (χ4n) is 2.00. The summed E-state index contributed by atoms with van der Waals surface area (Å²) in [6, 6.07) is 1.19. The second-order valence-corrected chi connectivity index (χ2v) is 6.35. The van der Waals surface area contributed by atoms with Crippen molar-refractivity contribution < 1.29 is 13.2 Å². The Labute approximate surface area is 105 Å². The van der Waals surface area contributed by atoms with Crippen LogP contribution in [0.1, 0.15) is 19.8 Å². The van der Waals surface area contributed by atoms with Gasteiger partial charge in [-0.25, -0.2) is 13.1 Å². The van der Waals surface area contributed by atoms with Gasteiger partial charge in [0.2, 0.25) is 15.5 Å². The first kappa shape index (κ1) is 13.3. The topological polar surface area (TPSA) is 88.3 Å². The zero-order chi connectivity index (χ0) is 13.2. The molecule has 1 aliphatic heterocycles. The van der Waals surface area contributed by atoms with E-state index in [9.17, 15) is 13.2 Å². The fourth-order valence-corrected chi connectivity index (χ4v) is 3.48. The zero-order valence-corrected chi connectivity index (χ0v) is 10.9. The highest BCUT2D eigenvalue weighted by atomic mass is 32.2. The van der Waals surface area contributed by atoms with E-state index < -0.39 is 21.0 Å². The summed E-state index contributed by atoms with van der Waals surface area (Å²) in [4.78, 5) is 13.9. The van der Waals surface area contributed by atoms with Crippen molar-refractivity contribution >= 4 is 10.0 Å². The summed E-state index contributed by atoms with van der Waals surface area (Å²) in [6.45, 7) is 2.74. The van der Waals surface area contributed by atoms with Crippen LogP contribution in [-0.2, 0) is 14.8 Å². The second-order valence-electron chi connectivity index (χ2n) is 4.70. The van der Waals surface area contributed by atoms with E-state index in [0.717, 1.165) is 6.42 Å². The van der Waals surface area contributed by atoms with Gasteiger partial charge in [0, 0.05) is 25.1 Å². The Hall–Kier alpha value is -1.18. The lowest BCUT2D eigenvalue weighted by Gasteiger charge is -2.33. The van der Waals surface area contributed by atoms with Crippen molar-refractivity contribution in [3.63, 3.8) is 0 Å². The van der Waals surface area contributed by atoms with Crippen LogP contribution < -0.4 is 10.2 Å². The van der Waals surface area contributed by atoms with Crippen molar-refractivity contribution in [3.8, 4) is 0 Å². The molecule has 1 aliphatic rings. The molecule has 1 saturated heterocycles. The number of H-pyrrole nitrogens is 1. The molecule has 0 radical (unpaired) electrons. The smallest absolute Gasteiger partial charge is 0.246 e. The van der Waals surface area contributed by atoms with E-state index in [-0.39, 0.29) is 4.90 Å². The van der Waals surface area contributed by atoms with Crippen molar-refractivity contribution in [3.05, 3.63) is 28.7 Å². The molecule has 2 heterocycles. The lowest BCUT2D eigenvalue weighted by atomic mass is 9.97. The van der Waals surface area contributed by atoms with Crippen LogP contribution in [0.25, 0.3) is 0 Å².